The van der Waals surface area contributed by atoms with Crippen LogP contribution in [-0.2, 0) is 17.4 Å². The lowest BCUT2D eigenvalue weighted by molar-refractivity contribution is -0.138. The van der Waals surface area contributed by atoms with Crippen LogP contribution in [0.2, 0.25) is 5.02 Å². The number of carboxylic acids is 1. The molecule has 1 aromatic heterocycles. The Morgan fingerprint density at radius 1 is 1.19 bits per heavy atom. The van der Waals surface area contributed by atoms with Crippen LogP contribution in [0, 0.1) is 0 Å². The van der Waals surface area contributed by atoms with E-state index in [0.29, 0.717) is 16.4 Å². The highest BCUT2D eigenvalue weighted by Crippen LogP contribution is 2.31. The number of H-pyrrole nitrogens is 1. The van der Waals surface area contributed by atoms with Crippen molar-refractivity contribution in [3.05, 3.63) is 64.4 Å². The zero-order chi connectivity index (χ0) is 18.9. The third-order valence-electron chi connectivity index (χ3n) is 4.06. The average Bonchev–Trinajstić information content (AvgIpc) is 2.95. The number of fused-ring (bicyclic) bond motifs is 1. The van der Waals surface area contributed by atoms with Crippen molar-refractivity contribution in [3.8, 4) is 0 Å². The summed E-state index contributed by atoms with van der Waals surface area (Å²) in [5.41, 5.74) is 0.673. The predicted octanol–water partition coefficient (Wildman–Crippen LogP) is 5.46. The molecule has 9 heteroatoms. The molecule has 0 aliphatic carbocycles. The van der Waals surface area contributed by atoms with Gasteiger partial charge in [-0.15, -0.1) is 12.4 Å². The molecule has 0 fully saturated rings. The maximum Gasteiger partial charge on any atom is 0.416 e. The minimum atomic E-state index is -4.44. The van der Waals surface area contributed by atoms with Crippen molar-refractivity contribution >= 4 is 41.0 Å². The number of nitrogens with one attached hydrogen (secondary N) is 1. The van der Waals surface area contributed by atoms with E-state index < -0.39 is 17.7 Å². The summed E-state index contributed by atoms with van der Waals surface area (Å²) in [6, 6.07) is 10.1. The lowest BCUT2D eigenvalue weighted by atomic mass is 9.92. The monoisotopic (exact) mass is 418 g/mol. The quantitative estimate of drug-likeness (QED) is 0.578. The third-order valence-corrected chi connectivity index (χ3v) is 4.31. The fourth-order valence-electron chi connectivity index (χ4n) is 2.82. The molecular formula is C18H15Cl2F3N2O2. The Morgan fingerprint density at radius 2 is 1.85 bits per heavy atom. The summed E-state index contributed by atoms with van der Waals surface area (Å²) in [5.74, 6) is -0.923. The van der Waals surface area contributed by atoms with E-state index in [9.17, 15) is 18.0 Å². The molecule has 2 aromatic carbocycles. The maximum atomic E-state index is 12.8. The Hall–Kier alpha value is -2.25. The number of aromatic nitrogens is 2. The Balaban J connectivity index is 0.00000261. The molecule has 27 heavy (non-hydrogen) atoms. The molecule has 0 radical (unpaired) electrons. The molecule has 0 amide bonds. The first-order chi connectivity index (χ1) is 12.2. The number of hydrogen-bond donors (Lipinski definition) is 2. The Bertz CT molecular complexity index is 940. The number of hydrogen-bond acceptors (Lipinski definition) is 2. The SMILES string of the molecule is Cl.O=C(O)CC(Cc1nc2ccc(C(F)(F)F)cc2[nH]1)c1ccc(Cl)cc1. The Morgan fingerprint density at radius 3 is 2.44 bits per heavy atom. The number of rotatable bonds is 5. The van der Waals surface area contributed by atoms with Crippen LogP contribution in [0.5, 0.6) is 0 Å². The van der Waals surface area contributed by atoms with Gasteiger partial charge in [-0.05, 0) is 35.9 Å². The second kappa shape index (κ2) is 8.19. The highest BCUT2D eigenvalue weighted by Gasteiger charge is 2.30. The van der Waals surface area contributed by atoms with E-state index in [1.54, 1.807) is 24.3 Å². The van der Waals surface area contributed by atoms with Gasteiger partial charge in [0.1, 0.15) is 5.82 Å². The van der Waals surface area contributed by atoms with Crippen molar-refractivity contribution in [1.29, 1.82) is 0 Å². The molecule has 0 bridgehead atoms. The Kier molecular flexibility index (Phi) is 6.38. The van der Waals surface area contributed by atoms with Gasteiger partial charge in [-0.1, -0.05) is 23.7 Å². The van der Waals surface area contributed by atoms with E-state index in [-0.39, 0.29) is 36.7 Å². The van der Waals surface area contributed by atoms with Gasteiger partial charge in [0.05, 0.1) is 23.0 Å². The first-order valence-electron chi connectivity index (χ1n) is 7.75. The molecule has 144 valence electrons. The zero-order valence-corrected chi connectivity index (χ0v) is 15.3. The van der Waals surface area contributed by atoms with Crippen molar-refractivity contribution in [1.82, 2.24) is 9.97 Å². The van der Waals surface area contributed by atoms with Gasteiger partial charge in [0.25, 0.3) is 0 Å². The third kappa shape index (κ3) is 5.14. The molecular weight excluding hydrogens is 404 g/mol. The van der Waals surface area contributed by atoms with Crippen molar-refractivity contribution in [3.63, 3.8) is 0 Å². The Labute approximate surface area is 163 Å². The summed E-state index contributed by atoms with van der Waals surface area (Å²) in [7, 11) is 0. The summed E-state index contributed by atoms with van der Waals surface area (Å²) >= 11 is 5.86. The largest absolute Gasteiger partial charge is 0.481 e. The summed E-state index contributed by atoms with van der Waals surface area (Å²) in [6.45, 7) is 0. The van der Waals surface area contributed by atoms with Gasteiger partial charge in [0.2, 0.25) is 0 Å². The topological polar surface area (TPSA) is 66.0 Å². The van der Waals surface area contributed by atoms with E-state index in [1.807, 2.05) is 0 Å². The lowest BCUT2D eigenvalue weighted by Crippen LogP contribution is -2.10. The molecule has 1 atom stereocenters. The van der Waals surface area contributed by atoms with E-state index in [2.05, 4.69) is 9.97 Å². The van der Waals surface area contributed by atoms with Gasteiger partial charge in [0, 0.05) is 17.4 Å². The molecule has 0 saturated carbocycles. The normalized spacial score (nSPS) is 12.6. The number of carboxylic acid groups (broad SMARTS) is 1. The molecule has 3 aromatic rings. The van der Waals surface area contributed by atoms with Gasteiger partial charge < -0.3 is 10.1 Å². The number of halogens is 5. The number of benzene rings is 2. The van der Waals surface area contributed by atoms with Gasteiger partial charge in [-0.3, -0.25) is 4.79 Å². The van der Waals surface area contributed by atoms with Crippen LogP contribution in [0.15, 0.2) is 42.5 Å². The number of aliphatic carboxylic acids is 1. The van der Waals surface area contributed by atoms with Gasteiger partial charge in [-0.2, -0.15) is 13.2 Å². The standard InChI is InChI=1S/C18H14ClF3N2O2.ClH/c19-13-4-1-10(2-5-13)11(8-17(25)26)7-16-23-14-6-3-12(18(20,21)22)9-15(14)24-16;/h1-6,9,11H,7-8H2,(H,23,24)(H,25,26);1H. The predicted molar refractivity (Wildman–Crippen MR) is 98.5 cm³/mol. The van der Waals surface area contributed by atoms with Crippen LogP contribution in [0.3, 0.4) is 0 Å². The van der Waals surface area contributed by atoms with Crippen LogP contribution in [0.1, 0.15) is 29.3 Å². The minimum absolute atomic E-state index is 0. The first-order valence-corrected chi connectivity index (χ1v) is 8.13. The molecule has 0 saturated heterocycles. The highest BCUT2D eigenvalue weighted by molar-refractivity contribution is 6.30. The summed E-state index contributed by atoms with van der Waals surface area (Å²) in [4.78, 5) is 18.3. The summed E-state index contributed by atoms with van der Waals surface area (Å²) < 4.78 is 38.5. The van der Waals surface area contributed by atoms with E-state index in [1.165, 1.54) is 6.07 Å². The maximum absolute atomic E-state index is 12.8. The van der Waals surface area contributed by atoms with Crippen molar-refractivity contribution in [2.24, 2.45) is 0 Å². The van der Waals surface area contributed by atoms with Crippen molar-refractivity contribution < 1.29 is 23.1 Å². The van der Waals surface area contributed by atoms with Gasteiger partial charge in [-0.25, -0.2) is 4.98 Å². The molecule has 0 aliphatic rings. The molecule has 1 unspecified atom stereocenters. The molecule has 0 aliphatic heterocycles. The van der Waals surface area contributed by atoms with E-state index >= 15 is 0 Å². The molecule has 0 spiro atoms. The van der Waals surface area contributed by atoms with Crippen molar-refractivity contribution in [2.75, 3.05) is 0 Å². The van der Waals surface area contributed by atoms with Crippen molar-refractivity contribution in [2.45, 2.75) is 24.9 Å². The molecule has 4 nitrogen and oxygen atoms in total. The van der Waals surface area contributed by atoms with Crippen LogP contribution in [0.4, 0.5) is 13.2 Å². The summed E-state index contributed by atoms with van der Waals surface area (Å²) in [6.07, 6.45) is -4.31. The van der Waals surface area contributed by atoms with Gasteiger partial charge >= 0.3 is 12.1 Å². The average molecular weight is 419 g/mol. The number of carbonyl (C=O) groups is 1. The number of aromatic amines is 1. The molecule has 3 rings (SSSR count). The molecule has 2 N–H and O–H groups in total. The fraction of sp³-hybridized carbons (Fsp3) is 0.222. The van der Waals surface area contributed by atoms with E-state index in [4.69, 9.17) is 16.7 Å². The lowest BCUT2D eigenvalue weighted by Gasteiger charge is -2.14. The zero-order valence-electron chi connectivity index (χ0n) is 13.8. The van der Waals surface area contributed by atoms with Crippen LogP contribution < -0.4 is 0 Å². The van der Waals surface area contributed by atoms with Crippen LogP contribution >= 0.6 is 24.0 Å². The number of alkyl halides is 3. The fourth-order valence-corrected chi connectivity index (χ4v) is 2.95. The van der Waals surface area contributed by atoms with Crippen LogP contribution in [-0.4, -0.2) is 21.0 Å². The smallest absolute Gasteiger partial charge is 0.416 e. The second-order valence-corrected chi connectivity index (χ2v) is 6.40. The van der Waals surface area contributed by atoms with E-state index in [0.717, 1.165) is 17.7 Å². The van der Waals surface area contributed by atoms with Gasteiger partial charge in [0.15, 0.2) is 0 Å². The first kappa shape index (κ1) is 21.1. The molecule has 1 heterocycles. The highest BCUT2D eigenvalue weighted by atomic mass is 35.5. The number of nitrogens with zero attached hydrogens (tertiary/aromatic N) is 1. The second-order valence-electron chi connectivity index (χ2n) is 5.96. The summed E-state index contributed by atoms with van der Waals surface area (Å²) in [5, 5.41) is 9.70. The number of imidazole rings is 1. The van der Waals surface area contributed by atoms with Crippen LogP contribution in [0.25, 0.3) is 11.0 Å². The minimum Gasteiger partial charge on any atom is -0.481 e.